The van der Waals surface area contributed by atoms with E-state index in [4.69, 9.17) is 9.47 Å². The third kappa shape index (κ3) is 4.00. The van der Waals surface area contributed by atoms with Gasteiger partial charge >= 0.3 is 0 Å². The highest BCUT2D eigenvalue weighted by Gasteiger charge is 2.40. The summed E-state index contributed by atoms with van der Waals surface area (Å²) in [5, 5.41) is 0. The number of carbonyl (C=O) groups is 2. The molecule has 146 valence electrons. The Morgan fingerprint density at radius 2 is 1.89 bits per heavy atom. The summed E-state index contributed by atoms with van der Waals surface area (Å²) >= 11 is 1.67. The van der Waals surface area contributed by atoms with Crippen molar-refractivity contribution in [3.8, 4) is 0 Å². The van der Waals surface area contributed by atoms with Crippen LogP contribution >= 0.6 is 11.8 Å². The molecule has 0 spiro atoms. The molecule has 1 aromatic rings. The van der Waals surface area contributed by atoms with E-state index in [1.54, 1.807) is 16.7 Å². The molecule has 7 heteroatoms. The quantitative estimate of drug-likeness (QED) is 0.739. The molecule has 27 heavy (non-hydrogen) atoms. The van der Waals surface area contributed by atoms with E-state index in [1.807, 2.05) is 35.4 Å². The number of anilines is 1. The number of hydrogen-bond acceptors (Lipinski definition) is 5. The van der Waals surface area contributed by atoms with Crippen molar-refractivity contribution in [3.63, 3.8) is 0 Å². The van der Waals surface area contributed by atoms with Gasteiger partial charge in [0.15, 0.2) is 6.29 Å². The van der Waals surface area contributed by atoms with Gasteiger partial charge in [-0.3, -0.25) is 9.59 Å². The molecule has 2 amide bonds. The Morgan fingerprint density at radius 3 is 2.59 bits per heavy atom. The minimum atomic E-state index is -0.262. The van der Waals surface area contributed by atoms with E-state index < -0.39 is 0 Å². The number of thioether (sulfide) groups is 1. The van der Waals surface area contributed by atoms with Gasteiger partial charge in [-0.25, -0.2) is 0 Å². The fourth-order valence-electron chi connectivity index (χ4n) is 4.22. The topological polar surface area (TPSA) is 59.1 Å². The Balaban J connectivity index is 1.39. The second-order valence-corrected chi connectivity index (χ2v) is 8.28. The third-order valence-corrected chi connectivity index (χ3v) is 6.40. The predicted molar refractivity (Wildman–Crippen MR) is 104 cm³/mol. The molecular weight excluding hydrogens is 364 g/mol. The molecule has 0 bridgehead atoms. The third-order valence-electron chi connectivity index (χ3n) is 5.66. The van der Waals surface area contributed by atoms with E-state index in [0.717, 1.165) is 30.0 Å². The number of ether oxygens (including phenoxy) is 2. The van der Waals surface area contributed by atoms with Crippen molar-refractivity contribution in [2.45, 2.75) is 30.4 Å². The first-order valence-corrected chi connectivity index (χ1v) is 10.8. The van der Waals surface area contributed by atoms with Gasteiger partial charge in [-0.15, -0.1) is 11.8 Å². The smallest absolute Gasteiger partial charge is 0.228 e. The number of piperidine rings is 1. The molecule has 4 rings (SSSR count). The van der Waals surface area contributed by atoms with Gasteiger partial charge in [0.2, 0.25) is 11.8 Å². The highest BCUT2D eigenvalue weighted by atomic mass is 32.2. The highest BCUT2D eigenvalue weighted by Crippen LogP contribution is 2.30. The minimum absolute atomic E-state index is 0.0290. The number of rotatable bonds is 4. The van der Waals surface area contributed by atoms with Crippen molar-refractivity contribution in [1.29, 1.82) is 0 Å². The van der Waals surface area contributed by atoms with Crippen LogP contribution in [0.2, 0.25) is 0 Å². The van der Waals surface area contributed by atoms with Gasteiger partial charge in [-0.2, -0.15) is 0 Å². The molecule has 0 aliphatic carbocycles. The lowest BCUT2D eigenvalue weighted by Crippen LogP contribution is -2.46. The fourth-order valence-corrected chi connectivity index (χ4v) is 4.63. The van der Waals surface area contributed by atoms with Crippen molar-refractivity contribution in [2.24, 2.45) is 11.8 Å². The van der Waals surface area contributed by atoms with Crippen LogP contribution in [0.1, 0.15) is 19.3 Å². The van der Waals surface area contributed by atoms with E-state index in [-0.39, 0.29) is 29.9 Å². The second-order valence-electron chi connectivity index (χ2n) is 7.40. The maximum absolute atomic E-state index is 13.0. The maximum atomic E-state index is 13.0. The van der Waals surface area contributed by atoms with Gasteiger partial charge < -0.3 is 19.3 Å². The van der Waals surface area contributed by atoms with Crippen LogP contribution < -0.4 is 4.90 Å². The number of benzene rings is 1. The molecule has 0 aromatic heterocycles. The van der Waals surface area contributed by atoms with Crippen molar-refractivity contribution in [2.75, 3.05) is 44.0 Å². The predicted octanol–water partition coefficient (Wildman–Crippen LogP) is 2.37. The summed E-state index contributed by atoms with van der Waals surface area (Å²) in [5.41, 5.74) is 0.873. The van der Waals surface area contributed by atoms with Crippen LogP contribution in [0.25, 0.3) is 0 Å². The molecule has 3 aliphatic heterocycles. The Labute approximate surface area is 164 Å². The Bertz CT molecular complexity index is 690. The van der Waals surface area contributed by atoms with E-state index in [2.05, 4.69) is 0 Å². The Morgan fingerprint density at radius 1 is 1.15 bits per heavy atom. The first-order valence-electron chi connectivity index (χ1n) is 9.62. The minimum Gasteiger partial charge on any atom is -0.350 e. The Hall–Kier alpha value is -1.57. The van der Waals surface area contributed by atoms with Gasteiger partial charge in [-0.1, -0.05) is 0 Å². The van der Waals surface area contributed by atoms with Gasteiger partial charge in [0, 0.05) is 42.6 Å². The molecule has 3 aliphatic rings. The number of hydrogen-bond donors (Lipinski definition) is 0. The van der Waals surface area contributed by atoms with Gasteiger partial charge in [-0.05, 0) is 43.4 Å². The van der Waals surface area contributed by atoms with Crippen LogP contribution in [0.5, 0.6) is 0 Å². The lowest BCUT2D eigenvalue weighted by molar-refractivity contribution is -0.143. The summed E-state index contributed by atoms with van der Waals surface area (Å²) in [6.07, 6.45) is 4.11. The van der Waals surface area contributed by atoms with Crippen molar-refractivity contribution >= 4 is 29.3 Å². The van der Waals surface area contributed by atoms with Crippen molar-refractivity contribution in [3.05, 3.63) is 24.3 Å². The van der Waals surface area contributed by atoms with E-state index in [0.29, 0.717) is 32.7 Å². The first kappa shape index (κ1) is 18.8. The van der Waals surface area contributed by atoms with Gasteiger partial charge in [0.25, 0.3) is 0 Å². The number of nitrogens with zero attached hydrogens (tertiary/aromatic N) is 2. The molecule has 1 aromatic carbocycles. The SMILES string of the molecule is CSc1ccc(N2CC(C(=O)N3CCCC(C4OCCO4)C3)CC2=O)cc1. The van der Waals surface area contributed by atoms with Gasteiger partial charge in [0.1, 0.15) is 0 Å². The molecule has 0 radical (unpaired) electrons. The van der Waals surface area contributed by atoms with Crippen LogP contribution in [0.4, 0.5) is 5.69 Å². The van der Waals surface area contributed by atoms with Crippen molar-refractivity contribution in [1.82, 2.24) is 4.90 Å². The van der Waals surface area contributed by atoms with Crippen LogP contribution in [0, 0.1) is 11.8 Å². The second kappa shape index (κ2) is 8.20. The molecule has 3 saturated heterocycles. The van der Waals surface area contributed by atoms with Crippen LogP contribution in [0.3, 0.4) is 0 Å². The standard InChI is InChI=1S/C20H26N2O4S/c1-27-17-6-4-16(5-7-17)22-13-15(11-18(22)23)19(24)21-8-2-3-14(12-21)20-25-9-10-26-20/h4-7,14-15,20H,2-3,8-13H2,1H3. The van der Waals surface area contributed by atoms with Crippen molar-refractivity contribution < 1.29 is 19.1 Å². The van der Waals surface area contributed by atoms with Crippen LogP contribution in [-0.2, 0) is 19.1 Å². The maximum Gasteiger partial charge on any atom is 0.228 e. The highest BCUT2D eigenvalue weighted by molar-refractivity contribution is 7.98. The molecular formula is C20H26N2O4S. The summed E-state index contributed by atoms with van der Waals surface area (Å²) < 4.78 is 11.3. The summed E-state index contributed by atoms with van der Waals surface area (Å²) in [6.45, 7) is 3.16. The first-order chi connectivity index (χ1) is 13.2. The Kier molecular flexibility index (Phi) is 5.71. The summed E-state index contributed by atoms with van der Waals surface area (Å²) in [7, 11) is 0. The summed E-state index contributed by atoms with van der Waals surface area (Å²) in [6, 6.07) is 7.95. The molecule has 2 unspecified atom stereocenters. The normalized spacial score (nSPS) is 26.8. The number of carbonyl (C=O) groups excluding carboxylic acids is 2. The van der Waals surface area contributed by atoms with Gasteiger partial charge in [0.05, 0.1) is 19.1 Å². The molecule has 0 N–H and O–H groups in total. The zero-order valence-electron chi connectivity index (χ0n) is 15.6. The zero-order chi connectivity index (χ0) is 18.8. The van der Waals surface area contributed by atoms with Crippen LogP contribution in [-0.4, -0.2) is 62.1 Å². The lowest BCUT2D eigenvalue weighted by atomic mass is 9.95. The molecule has 3 heterocycles. The largest absolute Gasteiger partial charge is 0.350 e. The monoisotopic (exact) mass is 390 g/mol. The average Bonchev–Trinajstić information content (AvgIpc) is 3.38. The lowest BCUT2D eigenvalue weighted by Gasteiger charge is -2.35. The number of likely N-dealkylation sites (tertiary alicyclic amines) is 1. The van der Waals surface area contributed by atoms with E-state index >= 15 is 0 Å². The number of amides is 2. The zero-order valence-corrected chi connectivity index (χ0v) is 16.5. The average molecular weight is 391 g/mol. The summed E-state index contributed by atoms with van der Waals surface area (Å²) in [5.74, 6) is 0.0925. The molecule has 6 nitrogen and oxygen atoms in total. The molecule has 3 fully saturated rings. The van der Waals surface area contributed by atoms with E-state index in [9.17, 15) is 9.59 Å². The van der Waals surface area contributed by atoms with Crippen LogP contribution in [0.15, 0.2) is 29.2 Å². The molecule has 0 saturated carbocycles. The molecule has 2 atom stereocenters. The fraction of sp³-hybridized carbons (Fsp3) is 0.600. The summed E-state index contributed by atoms with van der Waals surface area (Å²) in [4.78, 5) is 30.4. The van der Waals surface area contributed by atoms with E-state index in [1.165, 1.54) is 0 Å².